The Balaban J connectivity index is 1.34. The van der Waals surface area contributed by atoms with Gasteiger partial charge in [0.25, 0.3) is 0 Å². The van der Waals surface area contributed by atoms with Crippen LogP contribution in [0.25, 0.3) is 0 Å². The predicted molar refractivity (Wildman–Crippen MR) is 118 cm³/mol. The SMILES string of the molecule is COc1c(F)cc(N2CCN(C(=O)CNc3ccc4c(c3)CCC(=O)C4)C[C@H]2C)cc1F. The summed E-state index contributed by atoms with van der Waals surface area (Å²) < 4.78 is 33.0. The highest BCUT2D eigenvalue weighted by atomic mass is 19.1. The number of nitrogens with one attached hydrogen (secondary N) is 1. The second-order valence-electron chi connectivity index (χ2n) is 8.38. The van der Waals surface area contributed by atoms with Gasteiger partial charge in [0.15, 0.2) is 17.4 Å². The Bertz CT molecular complexity index is 1020. The molecule has 1 fully saturated rings. The molecule has 1 saturated heterocycles. The molecule has 1 atom stereocenters. The highest BCUT2D eigenvalue weighted by Crippen LogP contribution is 2.29. The van der Waals surface area contributed by atoms with Crippen molar-refractivity contribution >= 4 is 23.1 Å². The number of hydrogen-bond acceptors (Lipinski definition) is 5. The van der Waals surface area contributed by atoms with E-state index in [9.17, 15) is 18.4 Å². The Morgan fingerprint density at radius 1 is 1.12 bits per heavy atom. The monoisotopic (exact) mass is 443 g/mol. The number of carbonyl (C=O) groups excluding carboxylic acids is 2. The van der Waals surface area contributed by atoms with Crippen molar-refractivity contribution in [1.29, 1.82) is 0 Å². The third kappa shape index (κ3) is 4.54. The van der Waals surface area contributed by atoms with Gasteiger partial charge in [0.05, 0.1) is 13.7 Å². The fourth-order valence-electron chi connectivity index (χ4n) is 4.48. The Hall–Kier alpha value is -3.16. The van der Waals surface area contributed by atoms with E-state index >= 15 is 0 Å². The lowest BCUT2D eigenvalue weighted by molar-refractivity contribution is -0.130. The normalized spacial score (nSPS) is 18.4. The molecule has 32 heavy (non-hydrogen) atoms. The number of ketones is 1. The van der Waals surface area contributed by atoms with Crippen molar-refractivity contribution in [2.24, 2.45) is 0 Å². The first-order valence-electron chi connectivity index (χ1n) is 10.8. The van der Waals surface area contributed by atoms with Gasteiger partial charge in [-0.1, -0.05) is 6.07 Å². The van der Waals surface area contributed by atoms with E-state index in [1.54, 1.807) is 4.90 Å². The summed E-state index contributed by atoms with van der Waals surface area (Å²) in [5, 5.41) is 3.19. The second-order valence-corrected chi connectivity index (χ2v) is 8.38. The second kappa shape index (κ2) is 9.14. The first-order chi connectivity index (χ1) is 15.4. The number of piperazine rings is 1. The van der Waals surface area contributed by atoms with Crippen molar-refractivity contribution < 1.29 is 23.1 Å². The third-order valence-electron chi connectivity index (χ3n) is 6.21. The molecule has 0 aromatic heterocycles. The quantitative estimate of drug-likeness (QED) is 0.769. The van der Waals surface area contributed by atoms with Gasteiger partial charge < -0.3 is 19.9 Å². The van der Waals surface area contributed by atoms with E-state index in [-0.39, 0.29) is 24.3 Å². The lowest BCUT2D eigenvalue weighted by atomic mass is 9.90. The number of fused-ring (bicyclic) bond motifs is 1. The number of benzene rings is 2. The number of rotatable bonds is 5. The number of Topliss-reactive ketones (excluding diaryl/α,β-unsaturated/α-hetero) is 1. The number of aryl methyl sites for hydroxylation is 1. The molecule has 0 bridgehead atoms. The maximum absolute atomic E-state index is 14.1. The van der Waals surface area contributed by atoms with E-state index in [1.807, 2.05) is 30.0 Å². The van der Waals surface area contributed by atoms with E-state index in [2.05, 4.69) is 5.32 Å². The number of hydrogen-bond donors (Lipinski definition) is 1. The molecule has 8 heteroatoms. The van der Waals surface area contributed by atoms with Crippen LogP contribution in [0.3, 0.4) is 0 Å². The van der Waals surface area contributed by atoms with Gasteiger partial charge in [0.1, 0.15) is 5.78 Å². The Morgan fingerprint density at radius 3 is 2.56 bits per heavy atom. The summed E-state index contributed by atoms with van der Waals surface area (Å²) in [5.74, 6) is -1.65. The summed E-state index contributed by atoms with van der Waals surface area (Å²) in [4.78, 5) is 28.0. The maximum atomic E-state index is 14.1. The van der Waals surface area contributed by atoms with E-state index < -0.39 is 17.4 Å². The molecule has 6 nitrogen and oxygen atoms in total. The van der Waals surface area contributed by atoms with Crippen molar-refractivity contribution in [3.8, 4) is 5.75 Å². The molecule has 4 rings (SSSR count). The zero-order valence-electron chi connectivity index (χ0n) is 18.3. The van der Waals surface area contributed by atoms with E-state index in [4.69, 9.17) is 4.74 Å². The number of halogens is 2. The number of nitrogens with zero attached hydrogens (tertiary/aromatic N) is 2. The van der Waals surface area contributed by atoms with Crippen LogP contribution in [0.4, 0.5) is 20.2 Å². The topological polar surface area (TPSA) is 61.9 Å². The minimum atomic E-state index is -0.744. The third-order valence-corrected chi connectivity index (χ3v) is 6.21. The molecule has 1 heterocycles. The average Bonchev–Trinajstić information content (AvgIpc) is 2.77. The van der Waals surface area contributed by atoms with Gasteiger partial charge in [-0.3, -0.25) is 9.59 Å². The molecule has 1 aliphatic carbocycles. The summed E-state index contributed by atoms with van der Waals surface area (Å²) in [6.07, 6.45) is 1.79. The lowest BCUT2D eigenvalue weighted by Crippen LogP contribution is -2.54. The molecule has 2 aliphatic rings. The van der Waals surface area contributed by atoms with Crippen LogP contribution in [-0.2, 0) is 22.4 Å². The molecule has 1 aliphatic heterocycles. The van der Waals surface area contributed by atoms with E-state index in [0.29, 0.717) is 38.2 Å². The predicted octanol–water partition coefficient (Wildman–Crippen LogP) is 3.18. The summed E-state index contributed by atoms with van der Waals surface area (Å²) in [6, 6.07) is 8.30. The van der Waals surface area contributed by atoms with E-state index in [0.717, 1.165) is 23.2 Å². The first-order valence-corrected chi connectivity index (χ1v) is 10.8. The minimum Gasteiger partial charge on any atom is -0.491 e. The summed E-state index contributed by atoms with van der Waals surface area (Å²) in [6.45, 7) is 3.49. The summed E-state index contributed by atoms with van der Waals surface area (Å²) in [7, 11) is 1.23. The number of amides is 1. The van der Waals surface area contributed by atoms with Crippen molar-refractivity contribution in [2.75, 3.05) is 43.5 Å². The standard InChI is InChI=1S/C24H27F2N3O3/c1-15-14-28(7-8-29(15)19-11-21(25)24(32-2)22(26)12-19)23(31)13-27-18-5-3-17-10-20(30)6-4-16(17)9-18/h3,5,9,11-12,15,27H,4,6-8,10,13-14H2,1-2H3/t15-/m1/s1. The maximum Gasteiger partial charge on any atom is 0.242 e. The molecular weight excluding hydrogens is 416 g/mol. The summed E-state index contributed by atoms with van der Waals surface area (Å²) >= 11 is 0. The highest BCUT2D eigenvalue weighted by molar-refractivity contribution is 5.84. The van der Waals surface area contributed by atoms with Crippen LogP contribution in [0, 0.1) is 11.6 Å². The van der Waals surface area contributed by atoms with Crippen molar-refractivity contribution in [3.63, 3.8) is 0 Å². The van der Waals surface area contributed by atoms with E-state index in [1.165, 1.54) is 19.2 Å². The van der Waals surface area contributed by atoms with Gasteiger partial charge in [-0.25, -0.2) is 8.78 Å². The summed E-state index contributed by atoms with van der Waals surface area (Å²) in [5.41, 5.74) is 3.52. The number of ether oxygens (including phenoxy) is 1. The number of methoxy groups -OCH3 is 1. The van der Waals surface area contributed by atoms with Crippen LogP contribution < -0.4 is 15.0 Å². The van der Waals surface area contributed by atoms with Crippen molar-refractivity contribution in [1.82, 2.24) is 4.90 Å². The number of anilines is 2. The Kier molecular flexibility index (Phi) is 6.30. The first kappa shape index (κ1) is 22.0. The van der Waals surface area contributed by atoms with Crippen LogP contribution in [0.2, 0.25) is 0 Å². The average molecular weight is 443 g/mol. The van der Waals surface area contributed by atoms with Crippen molar-refractivity contribution in [2.45, 2.75) is 32.2 Å². The van der Waals surface area contributed by atoms with Crippen LogP contribution in [0.5, 0.6) is 5.75 Å². The zero-order chi connectivity index (χ0) is 22.8. The van der Waals surface area contributed by atoms with Gasteiger partial charge in [-0.2, -0.15) is 0 Å². The number of carbonyl (C=O) groups is 2. The molecule has 0 unspecified atom stereocenters. The Morgan fingerprint density at radius 2 is 1.88 bits per heavy atom. The molecule has 2 aromatic carbocycles. The Labute approximate surface area is 186 Å². The van der Waals surface area contributed by atoms with Gasteiger partial charge in [0, 0.05) is 62.0 Å². The minimum absolute atomic E-state index is 0.0310. The molecule has 1 amide bonds. The molecule has 2 aromatic rings. The van der Waals surface area contributed by atoms with Crippen LogP contribution in [-0.4, -0.2) is 55.9 Å². The smallest absolute Gasteiger partial charge is 0.242 e. The molecule has 0 saturated carbocycles. The van der Waals surface area contributed by atoms with Gasteiger partial charge in [0.2, 0.25) is 5.91 Å². The highest BCUT2D eigenvalue weighted by Gasteiger charge is 2.28. The molecular formula is C24H27F2N3O3. The zero-order valence-corrected chi connectivity index (χ0v) is 18.3. The van der Waals surface area contributed by atoms with Gasteiger partial charge >= 0.3 is 0 Å². The fraction of sp³-hybridized carbons (Fsp3) is 0.417. The molecule has 1 N–H and O–H groups in total. The molecule has 170 valence electrons. The van der Waals surface area contributed by atoms with Gasteiger partial charge in [-0.05, 0) is 36.6 Å². The fourth-order valence-corrected chi connectivity index (χ4v) is 4.48. The molecule has 0 radical (unpaired) electrons. The molecule has 0 spiro atoms. The van der Waals surface area contributed by atoms with Crippen LogP contribution >= 0.6 is 0 Å². The van der Waals surface area contributed by atoms with Crippen molar-refractivity contribution in [3.05, 3.63) is 53.1 Å². The lowest BCUT2D eigenvalue weighted by Gasteiger charge is -2.41. The largest absolute Gasteiger partial charge is 0.491 e. The van der Waals surface area contributed by atoms with Gasteiger partial charge in [-0.15, -0.1) is 0 Å². The van der Waals surface area contributed by atoms with Crippen LogP contribution in [0.15, 0.2) is 30.3 Å². The van der Waals surface area contributed by atoms with Crippen LogP contribution in [0.1, 0.15) is 24.5 Å².